The Kier molecular flexibility index (Phi) is 4.99. The molecule has 0 saturated heterocycles. The van der Waals surface area contributed by atoms with E-state index in [-0.39, 0.29) is 11.4 Å². The fraction of sp³-hybridized carbons (Fsp3) is 0.294. The summed E-state index contributed by atoms with van der Waals surface area (Å²) in [7, 11) is 1.42. The second-order valence-corrected chi connectivity index (χ2v) is 5.39. The molecular weight excluding hydrogens is 280 g/mol. The summed E-state index contributed by atoms with van der Waals surface area (Å²) in [5.41, 5.74) is 3.08. The Balaban J connectivity index is 2.08. The Bertz CT molecular complexity index is 651. The molecule has 0 aliphatic carbocycles. The first kappa shape index (κ1) is 15.8. The number of nitrogens with one attached hydrogen (secondary N) is 1. The minimum Gasteiger partial charge on any atom is -0.490 e. The van der Waals surface area contributed by atoms with Crippen molar-refractivity contribution in [3.63, 3.8) is 0 Å². The Morgan fingerprint density at radius 2 is 1.86 bits per heavy atom. The van der Waals surface area contributed by atoms with E-state index in [2.05, 4.69) is 43.4 Å². The van der Waals surface area contributed by atoms with Gasteiger partial charge in [-0.15, -0.1) is 0 Å². The lowest BCUT2D eigenvalue weighted by Crippen LogP contribution is -2.01. The van der Waals surface area contributed by atoms with Crippen molar-refractivity contribution >= 4 is 11.4 Å². The summed E-state index contributed by atoms with van der Waals surface area (Å²) in [6.45, 7) is 4.93. The normalized spacial score (nSPS) is 10.5. The van der Waals surface area contributed by atoms with Gasteiger partial charge in [0.15, 0.2) is 5.75 Å². The molecule has 0 heterocycles. The number of nitro groups is 1. The fourth-order valence-electron chi connectivity index (χ4n) is 2.17. The van der Waals surface area contributed by atoms with E-state index in [9.17, 15) is 10.1 Å². The average molecular weight is 300 g/mol. The number of rotatable bonds is 6. The van der Waals surface area contributed by atoms with Gasteiger partial charge in [-0.1, -0.05) is 38.1 Å². The van der Waals surface area contributed by atoms with Crippen LogP contribution in [0.15, 0.2) is 42.5 Å². The van der Waals surface area contributed by atoms with Crippen molar-refractivity contribution in [3.05, 3.63) is 63.7 Å². The summed E-state index contributed by atoms with van der Waals surface area (Å²) in [6, 6.07) is 13.2. The number of benzene rings is 2. The summed E-state index contributed by atoms with van der Waals surface area (Å²) in [4.78, 5) is 10.6. The molecule has 22 heavy (non-hydrogen) atoms. The summed E-state index contributed by atoms with van der Waals surface area (Å²) in [5.74, 6) is 0.767. The van der Waals surface area contributed by atoms with Crippen LogP contribution in [-0.4, -0.2) is 12.0 Å². The molecule has 0 spiro atoms. The van der Waals surface area contributed by atoms with E-state index in [0.717, 1.165) is 5.56 Å². The first-order valence-corrected chi connectivity index (χ1v) is 7.16. The minimum absolute atomic E-state index is 0.0392. The van der Waals surface area contributed by atoms with Crippen LogP contribution in [0.3, 0.4) is 0 Å². The zero-order chi connectivity index (χ0) is 16.1. The molecule has 116 valence electrons. The molecule has 2 aromatic rings. The topological polar surface area (TPSA) is 64.4 Å². The first-order chi connectivity index (χ1) is 10.5. The average Bonchev–Trinajstić information content (AvgIpc) is 2.53. The summed E-state index contributed by atoms with van der Waals surface area (Å²) in [5, 5.41) is 14.2. The minimum atomic E-state index is -0.443. The van der Waals surface area contributed by atoms with Gasteiger partial charge < -0.3 is 10.1 Å². The zero-order valence-corrected chi connectivity index (χ0v) is 13.0. The zero-order valence-electron chi connectivity index (χ0n) is 13.0. The van der Waals surface area contributed by atoms with Crippen LogP contribution in [-0.2, 0) is 6.54 Å². The van der Waals surface area contributed by atoms with Gasteiger partial charge in [-0.3, -0.25) is 10.1 Å². The predicted octanol–water partition coefficient (Wildman–Crippen LogP) is 4.34. The molecule has 0 saturated carbocycles. The highest BCUT2D eigenvalue weighted by Gasteiger charge is 2.14. The number of hydrogen-bond donors (Lipinski definition) is 1. The molecule has 0 atom stereocenters. The molecule has 1 N–H and O–H groups in total. The van der Waals surface area contributed by atoms with Gasteiger partial charge in [-0.05, 0) is 29.2 Å². The molecular formula is C17H20N2O3. The van der Waals surface area contributed by atoms with Crippen LogP contribution in [0.5, 0.6) is 5.75 Å². The van der Waals surface area contributed by atoms with E-state index in [0.29, 0.717) is 18.2 Å². The van der Waals surface area contributed by atoms with E-state index in [4.69, 9.17) is 4.74 Å². The van der Waals surface area contributed by atoms with E-state index in [1.165, 1.54) is 18.7 Å². The molecule has 0 aliphatic rings. The van der Waals surface area contributed by atoms with Crippen LogP contribution in [0.4, 0.5) is 11.4 Å². The van der Waals surface area contributed by atoms with Crippen molar-refractivity contribution in [2.45, 2.75) is 26.3 Å². The lowest BCUT2D eigenvalue weighted by atomic mass is 10.0. The van der Waals surface area contributed by atoms with E-state index < -0.39 is 4.92 Å². The molecule has 0 bridgehead atoms. The quantitative estimate of drug-likeness (QED) is 0.636. The molecule has 0 amide bonds. The first-order valence-electron chi connectivity index (χ1n) is 7.16. The number of methoxy groups -OCH3 is 1. The van der Waals surface area contributed by atoms with Gasteiger partial charge in [0.1, 0.15) is 0 Å². The Morgan fingerprint density at radius 1 is 1.18 bits per heavy atom. The summed E-state index contributed by atoms with van der Waals surface area (Å²) in [6.07, 6.45) is 0. The second-order valence-electron chi connectivity index (χ2n) is 5.39. The Morgan fingerprint density at radius 3 is 2.41 bits per heavy atom. The van der Waals surface area contributed by atoms with Crippen LogP contribution in [0.1, 0.15) is 30.9 Å². The number of ether oxygens (including phenoxy) is 1. The Hall–Kier alpha value is -2.56. The molecule has 0 aromatic heterocycles. The standard InChI is InChI=1S/C17H20N2O3/c1-12(2)14-6-4-13(5-7-14)11-18-15-8-9-17(22-3)16(10-15)19(20)21/h4-10,12,18H,11H2,1-3H3. The molecule has 0 radical (unpaired) electrons. The number of hydrogen-bond acceptors (Lipinski definition) is 4. The highest BCUT2D eigenvalue weighted by molar-refractivity contribution is 5.58. The van der Waals surface area contributed by atoms with Gasteiger partial charge in [-0.25, -0.2) is 0 Å². The maximum atomic E-state index is 11.0. The van der Waals surface area contributed by atoms with Gasteiger partial charge in [0, 0.05) is 18.3 Å². The molecule has 0 unspecified atom stereocenters. The highest BCUT2D eigenvalue weighted by atomic mass is 16.6. The second kappa shape index (κ2) is 6.93. The third-order valence-electron chi connectivity index (χ3n) is 3.52. The molecule has 2 aromatic carbocycles. The third-order valence-corrected chi connectivity index (χ3v) is 3.52. The van der Waals surface area contributed by atoms with E-state index >= 15 is 0 Å². The van der Waals surface area contributed by atoms with Gasteiger partial charge in [0.2, 0.25) is 0 Å². The lowest BCUT2D eigenvalue weighted by Gasteiger charge is -2.10. The van der Waals surface area contributed by atoms with Crippen molar-refractivity contribution in [2.24, 2.45) is 0 Å². The van der Waals surface area contributed by atoms with Gasteiger partial charge in [-0.2, -0.15) is 0 Å². The summed E-state index contributed by atoms with van der Waals surface area (Å²) < 4.78 is 4.99. The van der Waals surface area contributed by atoms with Crippen LogP contribution in [0.2, 0.25) is 0 Å². The van der Waals surface area contributed by atoms with Crippen molar-refractivity contribution in [1.29, 1.82) is 0 Å². The van der Waals surface area contributed by atoms with Crippen molar-refractivity contribution in [1.82, 2.24) is 0 Å². The molecule has 5 heteroatoms. The van der Waals surface area contributed by atoms with Crippen molar-refractivity contribution in [3.8, 4) is 5.75 Å². The van der Waals surface area contributed by atoms with Crippen LogP contribution in [0.25, 0.3) is 0 Å². The van der Waals surface area contributed by atoms with Crippen LogP contribution in [0, 0.1) is 10.1 Å². The van der Waals surface area contributed by atoms with Gasteiger partial charge in [0.25, 0.3) is 0 Å². The third kappa shape index (κ3) is 3.75. The highest BCUT2D eigenvalue weighted by Crippen LogP contribution is 2.29. The van der Waals surface area contributed by atoms with Gasteiger partial charge >= 0.3 is 5.69 Å². The Labute approximate surface area is 130 Å². The van der Waals surface area contributed by atoms with Crippen LogP contribution < -0.4 is 10.1 Å². The monoisotopic (exact) mass is 300 g/mol. The fourth-order valence-corrected chi connectivity index (χ4v) is 2.17. The predicted molar refractivity (Wildman–Crippen MR) is 87.5 cm³/mol. The number of nitrogens with zero attached hydrogens (tertiary/aromatic N) is 1. The summed E-state index contributed by atoms with van der Waals surface area (Å²) >= 11 is 0. The maximum Gasteiger partial charge on any atom is 0.312 e. The van der Waals surface area contributed by atoms with Crippen molar-refractivity contribution in [2.75, 3.05) is 12.4 Å². The number of nitro benzene ring substituents is 1. The van der Waals surface area contributed by atoms with E-state index in [1.54, 1.807) is 12.1 Å². The smallest absolute Gasteiger partial charge is 0.312 e. The van der Waals surface area contributed by atoms with Crippen LogP contribution >= 0.6 is 0 Å². The number of anilines is 1. The van der Waals surface area contributed by atoms with E-state index in [1.807, 2.05) is 0 Å². The maximum absolute atomic E-state index is 11.0. The lowest BCUT2D eigenvalue weighted by molar-refractivity contribution is -0.385. The SMILES string of the molecule is COc1ccc(NCc2ccc(C(C)C)cc2)cc1[N+](=O)[O-]. The molecule has 0 fully saturated rings. The molecule has 5 nitrogen and oxygen atoms in total. The molecule has 0 aliphatic heterocycles. The van der Waals surface area contributed by atoms with Crippen molar-refractivity contribution < 1.29 is 9.66 Å². The van der Waals surface area contributed by atoms with Gasteiger partial charge in [0.05, 0.1) is 12.0 Å². The molecule has 2 rings (SSSR count). The largest absolute Gasteiger partial charge is 0.490 e.